The second-order valence-corrected chi connectivity index (χ2v) is 6.05. The fourth-order valence-electron chi connectivity index (χ4n) is 2.27. The topological polar surface area (TPSA) is 55.1 Å². The zero-order valence-electron chi connectivity index (χ0n) is 10.4. The third kappa shape index (κ3) is 3.33. The Morgan fingerprint density at radius 1 is 1.33 bits per heavy atom. The number of carbonyl (C=O) groups excluding carboxylic acids is 1. The van der Waals surface area contributed by atoms with E-state index < -0.39 is 0 Å². The molecule has 0 unspecified atom stereocenters. The van der Waals surface area contributed by atoms with Gasteiger partial charge in [0.2, 0.25) is 5.91 Å². The molecule has 0 atom stereocenters. The van der Waals surface area contributed by atoms with Crippen molar-refractivity contribution < 1.29 is 4.79 Å². The van der Waals surface area contributed by atoms with Crippen LogP contribution in [0.3, 0.4) is 0 Å². The van der Waals surface area contributed by atoms with Crippen LogP contribution >= 0.6 is 15.9 Å². The van der Waals surface area contributed by atoms with Crippen LogP contribution in [0.4, 0.5) is 0 Å². The van der Waals surface area contributed by atoms with Crippen molar-refractivity contribution >= 4 is 21.8 Å². The van der Waals surface area contributed by atoms with Crippen molar-refractivity contribution in [2.45, 2.75) is 25.7 Å². The highest BCUT2D eigenvalue weighted by atomic mass is 79.9. The Balaban J connectivity index is 1.80. The molecule has 3 nitrogen and oxygen atoms in total. The zero-order chi connectivity index (χ0) is 13.0. The standard InChI is InChI=1S/C14H19BrN2O/c15-12-4-2-11(3-5-12)8-13(18)17-10-14(9-16)6-1-7-14/h2-5H,1,6-10,16H2,(H,17,18). The number of benzene rings is 1. The average Bonchev–Trinajstić information content (AvgIpc) is 2.31. The van der Waals surface area contributed by atoms with E-state index in [0.29, 0.717) is 13.0 Å². The van der Waals surface area contributed by atoms with Gasteiger partial charge in [0.25, 0.3) is 0 Å². The van der Waals surface area contributed by atoms with Crippen LogP contribution in [-0.2, 0) is 11.2 Å². The quantitative estimate of drug-likeness (QED) is 0.876. The molecule has 1 aliphatic rings. The van der Waals surface area contributed by atoms with E-state index in [1.807, 2.05) is 24.3 Å². The Labute approximate surface area is 116 Å². The molecular weight excluding hydrogens is 292 g/mol. The van der Waals surface area contributed by atoms with E-state index in [1.165, 1.54) is 6.42 Å². The summed E-state index contributed by atoms with van der Waals surface area (Å²) in [5.41, 5.74) is 6.98. The largest absolute Gasteiger partial charge is 0.355 e. The number of nitrogens with one attached hydrogen (secondary N) is 1. The Morgan fingerprint density at radius 3 is 2.50 bits per heavy atom. The lowest BCUT2D eigenvalue weighted by molar-refractivity contribution is -0.121. The first-order valence-corrected chi connectivity index (χ1v) is 7.14. The molecule has 1 amide bonds. The van der Waals surface area contributed by atoms with Gasteiger partial charge in [0.15, 0.2) is 0 Å². The Hall–Kier alpha value is -0.870. The van der Waals surface area contributed by atoms with Crippen LogP contribution in [0.5, 0.6) is 0 Å². The lowest BCUT2D eigenvalue weighted by Crippen LogP contribution is -2.47. The van der Waals surface area contributed by atoms with Gasteiger partial charge in [-0.3, -0.25) is 4.79 Å². The van der Waals surface area contributed by atoms with Crippen molar-refractivity contribution in [3.63, 3.8) is 0 Å². The Morgan fingerprint density at radius 2 is 2.00 bits per heavy atom. The van der Waals surface area contributed by atoms with Crippen molar-refractivity contribution in [1.82, 2.24) is 5.32 Å². The molecule has 0 aliphatic heterocycles. The minimum absolute atomic E-state index is 0.0806. The first kappa shape index (κ1) is 13.6. The van der Waals surface area contributed by atoms with Gasteiger partial charge in [0, 0.05) is 11.0 Å². The van der Waals surface area contributed by atoms with Crippen LogP contribution in [-0.4, -0.2) is 19.0 Å². The maximum absolute atomic E-state index is 11.8. The SMILES string of the molecule is NCC1(CNC(=O)Cc2ccc(Br)cc2)CCC1. The molecule has 1 fully saturated rings. The maximum atomic E-state index is 11.8. The number of carbonyl (C=O) groups is 1. The van der Waals surface area contributed by atoms with E-state index >= 15 is 0 Å². The number of rotatable bonds is 5. The van der Waals surface area contributed by atoms with E-state index in [2.05, 4.69) is 21.2 Å². The number of hydrogen-bond donors (Lipinski definition) is 2. The number of hydrogen-bond acceptors (Lipinski definition) is 2. The Kier molecular flexibility index (Phi) is 4.40. The van der Waals surface area contributed by atoms with Crippen molar-refractivity contribution in [3.05, 3.63) is 34.3 Å². The van der Waals surface area contributed by atoms with Gasteiger partial charge in [0.05, 0.1) is 6.42 Å². The molecule has 18 heavy (non-hydrogen) atoms. The molecule has 0 heterocycles. The summed E-state index contributed by atoms with van der Waals surface area (Å²) in [6.07, 6.45) is 3.96. The molecule has 0 radical (unpaired) electrons. The van der Waals surface area contributed by atoms with Crippen LogP contribution in [0.2, 0.25) is 0 Å². The molecule has 1 aromatic carbocycles. The second kappa shape index (κ2) is 5.85. The molecule has 0 saturated heterocycles. The molecule has 3 N–H and O–H groups in total. The van der Waals surface area contributed by atoms with Crippen molar-refractivity contribution in [2.24, 2.45) is 11.1 Å². The van der Waals surface area contributed by atoms with Crippen molar-refractivity contribution in [3.8, 4) is 0 Å². The van der Waals surface area contributed by atoms with Gasteiger partial charge in [-0.2, -0.15) is 0 Å². The fourth-order valence-corrected chi connectivity index (χ4v) is 2.53. The van der Waals surface area contributed by atoms with E-state index in [4.69, 9.17) is 5.73 Å². The van der Waals surface area contributed by atoms with Gasteiger partial charge >= 0.3 is 0 Å². The molecule has 4 heteroatoms. The highest BCUT2D eigenvalue weighted by Gasteiger charge is 2.35. The number of halogens is 1. The summed E-state index contributed by atoms with van der Waals surface area (Å²) in [6.45, 7) is 1.39. The monoisotopic (exact) mass is 310 g/mol. The lowest BCUT2D eigenvalue weighted by atomic mass is 9.69. The third-order valence-electron chi connectivity index (χ3n) is 3.79. The summed E-state index contributed by atoms with van der Waals surface area (Å²) >= 11 is 3.38. The van der Waals surface area contributed by atoms with Gasteiger partial charge in [-0.05, 0) is 42.5 Å². The zero-order valence-corrected chi connectivity index (χ0v) is 12.0. The van der Waals surface area contributed by atoms with Crippen molar-refractivity contribution in [1.29, 1.82) is 0 Å². The highest BCUT2D eigenvalue weighted by Crippen LogP contribution is 2.39. The smallest absolute Gasteiger partial charge is 0.224 e. The molecule has 1 aliphatic carbocycles. The van der Waals surface area contributed by atoms with Crippen LogP contribution < -0.4 is 11.1 Å². The molecule has 98 valence electrons. The molecular formula is C14H19BrN2O. The van der Waals surface area contributed by atoms with Crippen LogP contribution in [0.1, 0.15) is 24.8 Å². The molecule has 1 aromatic rings. The van der Waals surface area contributed by atoms with Crippen molar-refractivity contribution in [2.75, 3.05) is 13.1 Å². The molecule has 0 bridgehead atoms. The highest BCUT2D eigenvalue weighted by molar-refractivity contribution is 9.10. The van der Waals surface area contributed by atoms with Crippen LogP contribution in [0, 0.1) is 5.41 Å². The number of amides is 1. The van der Waals surface area contributed by atoms with Gasteiger partial charge in [-0.15, -0.1) is 0 Å². The third-order valence-corrected chi connectivity index (χ3v) is 4.31. The first-order valence-electron chi connectivity index (χ1n) is 6.35. The molecule has 1 saturated carbocycles. The summed E-state index contributed by atoms with van der Waals surface area (Å²) < 4.78 is 1.03. The minimum atomic E-state index is 0.0806. The summed E-state index contributed by atoms with van der Waals surface area (Å²) in [4.78, 5) is 11.8. The van der Waals surface area contributed by atoms with Gasteiger partial charge in [-0.1, -0.05) is 34.5 Å². The van der Waals surface area contributed by atoms with Crippen LogP contribution in [0.15, 0.2) is 28.7 Å². The predicted octanol–water partition coefficient (Wildman–Crippen LogP) is 2.24. The van der Waals surface area contributed by atoms with Crippen LogP contribution in [0.25, 0.3) is 0 Å². The molecule has 0 aromatic heterocycles. The van der Waals surface area contributed by atoms with Gasteiger partial charge in [-0.25, -0.2) is 0 Å². The first-order chi connectivity index (χ1) is 8.63. The normalized spacial score (nSPS) is 17.0. The maximum Gasteiger partial charge on any atom is 0.224 e. The lowest BCUT2D eigenvalue weighted by Gasteiger charge is -2.41. The summed E-state index contributed by atoms with van der Waals surface area (Å²) in [5.74, 6) is 0.0806. The van der Waals surface area contributed by atoms with E-state index in [9.17, 15) is 4.79 Å². The predicted molar refractivity (Wildman–Crippen MR) is 76.2 cm³/mol. The van der Waals surface area contributed by atoms with E-state index in [-0.39, 0.29) is 11.3 Å². The summed E-state index contributed by atoms with van der Waals surface area (Å²) in [7, 11) is 0. The second-order valence-electron chi connectivity index (χ2n) is 5.14. The molecule has 0 spiro atoms. The van der Waals surface area contributed by atoms with E-state index in [1.54, 1.807) is 0 Å². The Bertz CT molecular complexity index is 407. The summed E-state index contributed by atoms with van der Waals surface area (Å²) in [6, 6.07) is 7.84. The van der Waals surface area contributed by atoms with E-state index in [0.717, 1.165) is 29.4 Å². The molecule has 2 rings (SSSR count). The van der Waals surface area contributed by atoms with Gasteiger partial charge < -0.3 is 11.1 Å². The number of nitrogens with two attached hydrogens (primary N) is 1. The average molecular weight is 311 g/mol. The summed E-state index contributed by atoms with van der Waals surface area (Å²) in [5, 5.41) is 3.01. The van der Waals surface area contributed by atoms with Gasteiger partial charge in [0.1, 0.15) is 0 Å². The minimum Gasteiger partial charge on any atom is -0.355 e. The fraction of sp³-hybridized carbons (Fsp3) is 0.500.